The molecule has 25 heavy (non-hydrogen) atoms. The second-order valence-corrected chi connectivity index (χ2v) is 7.67. The van der Waals surface area contributed by atoms with E-state index in [1.165, 1.54) is 23.1 Å². The number of thioether (sulfide) groups is 1. The van der Waals surface area contributed by atoms with Crippen LogP contribution in [0.25, 0.3) is 10.2 Å². The molecule has 0 saturated carbocycles. The molecule has 0 bridgehead atoms. The van der Waals surface area contributed by atoms with Crippen LogP contribution in [-0.4, -0.2) is 21.2 Å². The number of halogens is 1. The molecule has 1 amide bonds. The Balaban J connectivity index is 1.77. The molecule has 0 radical (unpaired) electrons. The van der Waals surface area contributed by atoms with Gasteiger partial charge in [0.25, 0.3) is 5.56 Å². The number of aryl methyl sites for hydroxylation is 1. The Morgan fingerprint density at radius 3 is 2.96 bits per heavy atom. The van der Waals surface area contributed by atoms with Crippen molar-refractivity contribution < 1.29 is 4.79 Å². The second kappa shape index (κ2) is 7.59. The zero-order valence-electron chi connectivity index (χ0n) is 13.7. The number of carbonyl (C=O) groups is 1. The zero-order chi connectivity index (χ0) is 18.0. The minimum atomic E-state index is -0.169. The standard InChI is InChI=1S/C17H16ClN3O2S2/c1-3-21-16(23)15-12(6-7-24-15)20-17(21)25-9-14(22)19-13-8-11(18)5-4-10(13)2/h4-8H,3,9H2,1-2H3,(H,19,22). The van der Waals surface area contributed by atoms with Gasteiger partial charge in [-0.25, -0.2) is 4.98 Å². The summed E-state index contributed by atoms with van der Waals surface area (Å²) in [4.78, 5) is 29.2. The summed E-state index contributed by atoms with van der Waals surface area (Å²) in [7, 11) is 0. The topological polar surface area (TPSA) is 64.0 Å². The summed E-state index contributed by atoms with van der Waals surface area (Å²) in [5.41, 5.74) is 2.24. The van der Waals surface area contributed by atoms with Gasteiger partial charge in [-0.3, -0.25) is 14.2 Å². The number of amides is 1. The van der Waals surface area contributed by atoms with Gasteiger partial charge in [-0.15, -0.1) is 11.3 Å². The molecular weight excluding hydrogens is 378 g/mol. The molecule has 0 fully saturated rings. The molecule has 5 nitrogen and oxygen atoms in total. The van der Waals surface area contributed by atoms with Crippen molar-refractivity contribution in [1.29, 1.82) is 0 Å². The lowest BCUT2D eigenvalue weighted by atomic mass is 10.2. The van der Waals surface area contributed by atoms with Gasteiger partial charge in [0, 0.05) is 17.3 Å². The third kappa shape index (κ3) is 3.89. The van der Waals surface area contributed by atoms with Gasteiger partial charge < -0.3 is 5.32 Å². The van der Waals surface area contributed by atoms with E-state index in [2.05, 4.69) is 10.3 Å². The molecule has 0 saturated heterocycles. The molecule has 3 rings (SSSR count). The number of aromatic nitrogens is 2. The van der Waals surface area contributed by atoms with Crippen LogP contribution >= 0.6 is 34.7 Å². The maximum atomic E-state index is 12.5. The zero-order valence-corrected chi connectivity index (χ0v) is 16.1. The van der Waals surface area contributed by atoms with Crippen molar-refractivity contribution in [3.8, 4) is 0 Å². The van der Waals surface area contributed by atoms with E-state index in [1.54, 1.807) is 16.7 Å². The number of hydrogen-bond acceptors (Lipinski definition) is 5. The maximum Gasteiger partial charge on any atom is 0.272 e. The minimum Gasteiger partial charge on any atom is -0.325 e. The minimum absolute atomic E-state index is 0.0592. The van der Waals surface area contributed by atoms with E-state index in [0.29, 0.717) is 32.6 Å². The van der Waals surface area contributed by atoms with Gasteiger partial charge in [0.2, 0.25) is 5.91 Å². The molecule has 2 aromatic heterocycles. The highest BCUT2D eigenvalue weighted by molar-refractivity contribution is 7.99. The lowest BCUT2D eigenvalue weighted by Gasteiger charge is -2.11. The van der Waals surface area contributed by atoms with Gasteiger partial charge in [0.05, 0.1) is 11.3 Å². The molecule has 1 N–H and O–H groups in total. The lowest BCUT2D eigenvalue weighted by molar-refractivity contribution is -0.113. The lowest BCUT2D eigenvalue weighted by Crippen LogP contribution is -2.22. The van der Waals surface area contributed by atoms with Crippen LogP contribution in [-0.2, 0) is 11.3 Å². The van der Waals surface area contributed by atoms with E-state index >= 15 is 0 Å². The summed E-state index contributed by atoms with van der Waals surface area (Å²) in [6.07, 6.45) is 0. The molecule has 130 valence electrons. The van der Waals surface area contributed by atoms with Gasteiger partial charge in [0.1, 0.15) is 4.70 Å². The van der Waals surface area contributed by atoms with Crippen LogP contribution in [0.2, 0.25) is 5.02 Å². The summed E-state index contributed by atoms with van der Waals surface area (Å²) < 4.78 is 2.24. The molecule has 0 aliphatic rings. The molecule has 0 spiro atoms. The Labute approximate surface area is 158 Å². The van der Waals surface area contributed by atoms with Gasteiger partial charge >= 0.3 is 0 Å². The van der Waals surface area contributed by atoms with Crippen LogP contribution in [0, 0.1) is 6.92 Å². The van der Waals surface area contributed by atoms with E-state index in [4.69, 9.17) is 11.6 Å². The van der Waals surface area contributed by atoms with Gasteiger partial charge in [0.15, 0.2) is 5.16 Å². The van der Waals surface area contributed by atoms with Crippen LogP contribution in [0.1, 0.15) is 12.5 Å². The highest BCUT2D eigenvalue weighted by Crippen LogP contribution is 2.23. The Morgan fingerprint density at radius 2 is 2.20 bits per heavy atom. The third-order valence-corrected chi connectivity index (χ3v) is 5.76. The Hall–Kier alpha value is -1.83. The fourth-order valence-electron chi connectivity index (χ4n) is 2.36. The smallest absolute Gasteiger partial charge is 0.272 e. The summed E-state index contributed by atoms with van der Waals surface area (Å²) in [6.45, 7) is 4.30. The number of nitrogens with one attached hydrogen (secondary N) is 1. The Kier molecular flexibility index (Phi) is 5.46. The van der Waals surface area contributed by atoms with Crippen molar-refractivity contribution >= 4 is 56.5 Å². The highest BCUT2D eigenvalue weighted by Gasteiger charge is 2.13. The third-order valence-electron chi connectivity index (χ3n) is 3.65. The summed E-state index contributed by atoms with van der Waals surface area (Å²) in [6, 6.07) is 7.17. The molecule has 1 aromatic carbocycles. The van der Waals surface area contributed by atoms with Crippen molar-refractivity contribution in [3.05, 3.63) is 50.6 Å². The normalized spacial score (nSPS) is 11.0. The fourth-order valence-corrected chi connectivity index (χ4v) is 4.17. The molecular formula is C17H16ClN3O2S2. The number of fused-ring (bicyclic) bond motifs is 1. The summed E-state index contributed by atoms with van der Waals surface area (Å²) in [5.74, 6) is -0.00806. The number of anilines is 1. The van der Waals surface area contributed by atoms with Gasteiger partial charge in [-0.1, -0.05) is 29.4 Å². The Bertz CT molecular complexity index is 997. The molecule has 0 atom stereocenters. The van der Waals surface area contributed by atoms with E-state index in [-0.39, 0.29) is 17.2 Å². The van der Waals surface area contributed by atoms with E-state index < -0.39 is 0 Å². The van der Waals surface area contributed by atoms with Gasteiger partial charge in [-0.2, -0.15) is 0 Å². The van der Waals surface area contributed by atoms with E-state index in [1.807, 2.05) is 31.4 Å². The molecule has 0 aliphatic heterocycles. The molecule has 2 heterocycles. The predicted octanol–water partition coefficient (Wildman–Crippen LogP) is 4.17. The quantitative estimate of drug-likeness (QED) is 0.522. The number of carbonyl (C=O) groups excluding carboxylic acids is 1. The number of nitrogens with zero attached hydrogens (tertiary/aromatic N) is 2. The first-order valence-corrected chi connectivity index (χ1v) is 9.90. The van der Waals surface area contributed by atoms with Crippen LogP contribution in [0.5, 0.6) is 0 Å². The van der Waals surface area contributed by atoms with Crippen molar-refractivity contribution in [2.75, 3.05) is 11.1 Å². The maximum absolute atomic E-state index is 12.5. The van der Waals surface area contributed by atoms with Crippen molar-refractivity contribution in [3.63, 3.8) is 0 Å². The number of hydrogen-bond donors (Lipinski definition) is 1. The number of thiophene rings is 1. The monoisotopic (exact) mass is 393 g/mol. The first-order valence-electron chi connectivity index (χ1n) is 7.66. The van der Waals surface area contributed by atoms with Crippen LogP contribution in [0.15, 0.2) is 39.6 Å². The molecule has 0 aliphatic carbocycles. The van der Waals surface area contributed by atoms with Crippen molar-refractivity contribution in [2.45, 2.75) is 25.5 Å². The highest BCUT2D eigenvalue weighted by atomic mass is 35.5. The average molecular weight is 394 g/mol. The second-order valence-electron chi connectivity index (χ2n) is 5.37. The molecule has 0 unspecified atom stereocenters. The Morgan fingerprint density at radius 1 is 1.40 bits per heavy atom. The number of rotatable bonds is 5. The SMILES string of the molecule is CCn1c(SCC(=O)Nc2cc(Cl)ccc2C)nc2ccsc2c1=O. The first kappa shape index (κ1) is 18.0. The average Bonchev–Trinajstić information content (AvgIpc) is 3.05. The van der Waals surface area contributed by atoms with E-state index in [9.17, 15) is 9.59 Å². The van der Waals surface area contributed by atoms with Crippen molar-refractivity contribution in [1.82, 2.24) is 9.55 Å². The van der Waals surface area contributed by atoms with Crippen LogP contribution in [0.4, 0.5) is 5.69 Å². The van der Waals surface area contributed by atoms with Gasteiger partial charge in [-0.05, 0) is 43.0 Å². The molecule has 8 heteroatoms. The number of benzene rings is 1. The summed E-state index contributed by atoms with van der Waals surface area (Å²) >= 11 is 8.61. The first-order chi connectivity index (χ1) is 12.0. The van der Waals surface area contributed by atoms with Crippen molar-refractivity contribution in [2.24, 2.45) is 0 Å². The van der Waals surface area contributed by atoms with Crippen LogP contribution < -0.4 is 10.9 Å². The largest absolute Gasteiger partial charge is 0.325 e. The summed E-state index contributed by atoms with van der Waals surface area (Å²) in [5, 5.41) is 5.82. The predicted molar refractivity (Wildman–Crippen MR) is 105 cm³/mol. The molecule has 3 aromatic rings. The van der Waals surface area contributed by atoms with Crippen LogP contribution in [0.3, 0.4) is 0 Å². The fraction of sp³-hybridized carbons (Fsp3) is 0.235. The van der Waals surface area contributed by atoms with E-state index in [0.717, 1.165) is 5.56 Å².